The summed E-state index contributed by atoms with van der Waals surface area (Å²) in [5.74, 6) is -0.00485. The molecular weight excluding hydrogens is 248 g/mol. The van der Waals surface area contributed by atoms with Gasteiger partial charge in [0.1, 0.15) is 0 Å². The van der Waals surface area contributed by atoms with Crippen molar-refractivity contribution in [3.63, 3.8) is 0 Å². The van der Waals surface area contributed by atoms with E-state index in [1.807, 2.05) is 56.3 Å². The molecule has 0 heterocycles. The van der Waals surface area contributed by atoms with Crippen molar-refractivity contribution < 1.29 is 4.79 Å². The summed E-state index contributed by atoms with van der Waals surface area (Å²) in [6, 6.07) is 16.1. The lowest BCUT2D eigenvalue weighted by Crippen LogP contribution is -2.29. The Kier molecular flexibility index (Phi) is 4.77. The predicted molar refractivity (Wildman–Crippen MR) is 82.7 cm³/mol. The molecule has 0 aliphatic heterocycles. The maximum atomic E-state index is 11.8. The van der Waals surface area contributed by atoms with Gasteiger partial charge in [-0.1, -0.05) is 48.0 Å². The monoisotopic (exact) mass is 268 g/mol. The van der Waals surface area contributed by atoms with Crippen LogP contribution in [0, 0.1) is 13.8 Å². The molecule has 2 rings (SSSR count). The molecule has 0 atom stereocenters. The zero-order valence-corrected chi connectivity index (χ0v) is 11.9. The number of amides is 1. The first kappa shape index (κ1) is 14.1. The molecule has 0 saturated heterocycles. The Hall–Kier alpha value is -2.29. The lowest BCUT2D eigenvalue weighted by Gasteiger charge is -2.10. The van der Waals surface area contributed by atoms with Gasteiger partial charge in [0.15, 0.2) is 0 Å². The van der Waals surface area contributed by atoms with Crippen LogP contribution in [0.4, 0.5) is 5.69 Å². The Morgan fingerprint density at radius 3 is 2.60 bits per heavy atom. The quantitative estimate of drug-likeness (QED) is 0.875. The van der Waals surface area contributed by atoms with Crippen molar-refractivity contribution in [2.75, 3.05) is 11.9 Å². The number of anilines is 1. The average Bonchev–Trinajstić information content (AvgIpc) is 2.44. The number of carbonyl (C=O) groups excluding carboxylic acids is 1. The summed E-state index contributed by atoms with van der Waals surface area (Å²) in [6.45, 7) is 4.92. The Bertz CT molecular complexity index is 593. The number of benzene rings is 2. The maximum absolute atomic E-state index is 11.8. The molecule has 0 aliphatic rings. The first-order valence-corrected chi connectivity index (χ1v) is 6.77. The highest BCUT2D eigenvalue weighted by Gasteiger charge is 2.02. The van der Waals surface area contributed by atoms with E-state index < -0.39 is 0 Å². The van der Waals surface area contributed by atoms with Crippen LogP contribution in [0.5, 0.6) is 0 Å². The fraction of sp³-hybridized carbons (Fsp3) is 0.235. The molecule has 0 spiro atoms. The van der Waals surface area contributed by atoms with Crippen molar-refractivity contribution in [3.05, 3.63) is 65.2 Å². The van der Waals surface area contributed by atoms with Crippen molar-refractivity contribution in [3.8, 4) is 0 Å². The largest absolute Gasteiger partial charge is 0.376 e. The third-order valence-electron chi connectivity index (χ3n) is 3.16. The summed E-state index contributed by atoms with van der Waals surface area (Å²) in [5, 5.41) is 6.06. The van der Waals surface area contributed by atoms with Crippen molar-refractivity contribution in [2.45, 2.75) is 20.4 Å². The van der Waals surface area contributed by atoms with E-state index in [0.29, 0.717) is 6.54 Å². The standard InChI is InChI=1S/C17H20N2O/c1-13-6-5-8-15(10-13)11-19-17(20)12-18-16-9-4-3-7-14(16)2/h3-10,18H,11-12H2,1-2H3,(H,19,20). The van der Waals surface area contributed by atoms with Crippen molar-refractivity contribution in [1.82, 2.24) is 5.32 Å². The molecule has 2 N–H and O–H groups in total. The van der Waals surface area contributed by atoms with Crippen LogP contribution >= 0.6 is 0 Å². The number of nitrogens with one attached hydrogen (secondary N) is 2. The van der Waals surface area contributed by atoms with Crippen LogP contribution in [0.25, 0.3) is 0 Å². The lowest BCUT2D eigenvalue weighted by atomic mass is 10.1. The Morgan fingerprint density at radius 2 is 1.85 bits per heavy atom. The van der Waals surface area contributed by atoms with Crippen molar-refractivity contribution in [1.29, 1.82) is 0 Å². The number of hydrogen-bond donors (Lipinski definition) is 2. The number of hydrogen-bond acceptors (Lipinski definition) is 2. The molecule has 0 unspecified atom stereocenters. The van der Waals surface area contributed by atoms with E-state index in [4.69, 9.17) is 0 Å². The molecule has 0 saturated carbocycles. The van der Waals surface area contributed by atoms with Crippen LogP contribution in [0.15, 0.2) is 48.5 Å². The van der Waals surface area contributed by atoms with Gasteiger partial charge in [-0.2, -0.15) is 0 Å². The summed E-state index contributed by atoms with van der Waals surface area (Å²) in [4.78, 5) is 11.8. The summed E-state index contributed by atoms with van der Waals surface area (Å²) in [5.41, 5.74) is 4.46. The van der Waals surface area contributed by atoms with Gasteiger partial charge in [0.25, 0.3) is 0 Å². The Labute approximate surface area is 120 Å². The van der Waals surface area contributed by atoms with Gasteiger partial charge >= 0.3 is 0 Å². The van der Waals surface area contributed by atoms with Crippen LogP contribution in [-0.4, -0.2) is 12.5 Å². The molecular formula is C17H20N2O. The van der Waals surface area contributed by atoms with E-state index in [2.05, 4.69) is 16.7 Å². The number of aryl methyl sites for hydroxylation is 2. The fourth-order valence-corrected chi connectivity index (χ4v) is 2.03. The van der Waals surface area contributed by atoms with Crippen LogP contribution in [0.3, 0.4) is 0 Å². The third kappa shape index (κ3) is 4.12. The zero-order valence-electron chi connectivity index (χ0n) is 11.9. The maximum Gasteiger partial charge on any atom is 0.239 e. The van der Waals surface area contributed by atoms with Crippen LogP contribution in [0.2, 0.25) is 0 Å². The molecule has 0 aromatic heterocycles. The second kappa shape index (κ2) is 6.75. The minimum Gasteiger partial charge on any atom is -0.376 e. The molecule has 3 nitrogen and oxygen atoms in total. The molecule has 0 fully saturated rings. The summed E-state index contributed by atoms with van der Waals surface area (Å²) >= 11 is 0. The molecule has 2 aromatic rings. The number of carbonyl (C=O) groups is 1. The summed E-state index contributed by atoms with van der Waals surface area (Å²) in [6.07, 6.45) is 0. The summed E-state index contributed by atoms with van der Waals surface area (Å²) < 4.78 is 0. The van der Waals surface area contributed by atoms with Gasteiger partial charge in [0.2, 0.25) is 5.91 Å². The number of rotatable bonds is 5. The van der Waals surface area contributed by atoms with Gasteiger partial charge in [-0.05, 0) is 31.0 Å². The fourth-order valence-electron chi connectivity index (χ4n) is 2.03. The van der Waals surface area contributed by atoms with Gasteiger partial charge < -0.3 is 10.6 Å². The van der Waals surface area contributed by atoms with Gasteiger partial charge in [-0.15, -0.1) is 0 Å². The molecule has 0 bridgehead atoms. The van der Waals surface area contributed by atoms with Gasteiger partial charge in [0.05, 0.1) is 6.54 Å². The third-order valence-corrected chi connectivity index (χ3v) is 3.16. The minimum atomic E-state index is -0.00485. The molecule has 2 aromatic carbocycles. The molecule has 3 heteroatoms. The molecule has 1 amide bonds. The highest BCUT2D eigenvalue weighted by atomic mass is 16.1. The molecule has 20 heavy (non-hydrogen) atoms. The van der Waals surface area contributed by atoms with E-state index in [1.165, 1.54) is 5.56 Å². The second-order valence-corrected chi connectivity index (χ2v) is 4.93. The second-order valence-electron chi connectivity index (χ2n) is 4.93. The highest BCUT2D eigenvalue weighted by Crippen LogP contribution is 2.12. The Morgan fingerprint density at radius 1 is 1.05 bits per heavy atom. The Balaban J connectivity index is 1.80. The van der Waals surface area contributed by atoms with E-state index in [1.54, 1.807) is 0 Å². The van der Waals surface area contributed by atoms with Crippen molar-refractivity contribution in [2.24, 2.45) is 0 Å². The lowest BCUT2D eigenvalue weighted by molar-refractivity contribution is -0.119. The van der Waals surface area contributed by atoms with E-state index in [-0.39, 0.29) is 12.5 Å². The molecule has 0 aliphatic carbocycles. The van der Waals surface area contributed by atoms with Crippen LogP contribution < -0.4 is 10.6 Å². The van der Waals surface area contributed by atoms with Gasteiger partial charge in [-0.3, -0.25) is 4.79 Å². The topological polar surface area (TPSA) is 41.1 Å². The molecule has 104 valence electrons. The summed E-state index contributed by atoms with van der Waals surface area (Å²) in [7, 11) is 0. The van der Waals surface area contributed by atoms with Crippen LogP contribution in [-0.2, 0) is 11.3 Å². The average molecular weight is 268 g/mol. The highest BCUT2D eigenvalue weighted by molar-refractivity contribution is 5.80. The van der Waals surface area contributed by atoms with Crippen LogP contribution in [0.1, 0.15) is 16.7 Å². The normalized spacial score (nSPS) is 10.1. The molecule has 0 radical (unpaired) electrons. The number of para-hydroxylation sites is 1. The van der Waals surface area contributed by atoms with Gasteiger partial charge in [0, 0.05) is 12.2 Å². The minimum absolute atomic E-state index is 0.00485. The van der Waals surface area contributed by atoms with E-state index in [0.717, 1.165) is 16.8 Å². The van der Waals surface area contributed by atoms with Gasteiger partial charge in [-0.25, -0.2) is 0 Å². The zero-order chi connectivity index (χ0) is 14.4. The predicted octanol–water partition coefficient (Wildman–Crippen LogP) is 3.03. The van der Waals surface area contributed by atoms with E-state index >= 15 is 0 Å². The van der Waals surface area contributed by atoms with E-state index in [9.17, 15) is 4.79 Å². The first-order valence-electron chi connectivity index (χ1n) is 6.77. The smallest absolute Gasteiger partial charge is 0.239 e. The first-order chi connectivity index (χ1) is 9.65. The SMILES string of the molecule is Cc1cccc(CNC(=O)CNc2ccccc2C)c1. The van der Waals surface area contributed by atoms with Crippen molar-refractivity contribution >= 4 is 11.6 Å².